The first kappa shape index (κ1) is 9.20. The largest absolute Gasteiger partial charge is 0.392 e. The van der Waals surface area contributed by atoms with E-state index in [9.17, 15) is 9.90 Å². The molecule has 1 unspecified atom stereocenters. The van der Waals surface area contributed by atoms with Crippen LogP contribution in [0.5, 0.6) is 0 Å². The van der Waals surface area contributed by atoms with Crippen molar-refractivity contribution in [2.75, 3.05) is 0 Å². The molecular formula is C11H18O2. The van der Waals surface area contributed by atoms with Gasteiger partial charge in [0, 0.05) is 6.42 Å². The molecule has 13 heavy (non-hydrogen) atoms. The normalized spacial score (nSPS) is 48.2. The van der Waals surface area contributed by atoms with Crippen LogP contribution in [0.1, 0.15) is 40.0 Å². The van der Waals surface area contributed by atoms with Crippen molar-refractivity contribution in [2.45, 2.75) is 46.1 Å². The Labute approximate surface area is 79.3 Å². The van der Waals surface area contributed by atoms with Gasteiger partial charge in [-0.25, -0.2) is 0 Å². The van der Waals surface area contributed by atoms with Crippen LogP contribution in [-0.2, 0) is 4.79 Å². The molecule has 74 valence electrons. The number of hydrogen-bond donors (Lipinski definition) is 1. The van der Waals surface area contributed by atoms with Crippen molar-refractivity contribution < 1.29 is 9.90 Å². The lowest BCUT2D eigenvalue weighted by molar-refractivity contribution is -0.181. The van der Waals surface area contributed by atoms with E-state index in [1.165, 1.54) is 0 Å². The van der Waals surface area contributed by atoms with Crippen LogP contribution in [-0.4, -0.2) is 17.0 Å². The molecule has 2 saturated carbocycles. The number of carbonyl (C=O) groups excluding carboxylic acids is 1. The predicted molar refractivity (Wildman–Crippen MR) is 50.2 cm³/mol. The number of hydrogen-bond acceptors (Lipinski definition) is 2. The van der Waals surface area contributed by atoms with Crippen LogP contribution in [0.15, 0.2) is 0 Å². The molecule has 0 heterocycles. The zero-order chi connectivity index (χ0) is 9.85. The summed E-state index contributed by atoms with van der Waals surface area (Å²) in [6.45, 7) is 6.37. The Morgan fingerprint density at radius 2 is 2.00 bits per heavy atom. The first-order chi connectivity index (χ1) is 5.89. The van der Waals surface area contributed by atoms with Crippen LogP contribution in [0.3, 0.4) is 0 Å². The summed E-state index contributed by atoms with van der Waals surface area (Å²) in [7, 11) is 0. The van der Waals surface area contributed by atoms with E-state index >= 15 is 0 Å². The SMILES string of the molecule is CC1(C)CC[C@H](O)[C@@]2(C)C(=O)CC12. The highest BCUT2D eigenvalue weighted by Gasteiger charge is 2.62. The van der Waals surface area contributed by atoms with Crippen molar-refractivity contribution in [1.29, 1.82) is 0 Å². The second-order valence-corrected chi connectivity index (χ2v) is 5.51. The fourth-order valence-electron chi connectivity index (χ4n) is 3.17. The second-order valence-electron chi connectivity index (χ2n) is 5.51. The molecule has 2 nitrogen and oxygen atoms in total. The van der Waals surface area contributed by atoms with Gasteiger partial charge in [-0.1, -0.05) is 13.8 Å². The maximum atomic E-state index is 11.5. The number of aliphatic hydroxyl groups is 1. The summed E-state index contributed by atoms with van der Waals surface area (Å²) >= 11 is 0. The summed E-state index contributed by atoms with van der Waals surface area (Å²) < 4.78 is 0. The molecule has 0 aromatic carbocycles. The van der Waals surface area contributed by atoms with Crippen LogP contribution in [0, 0.1) is 16.7 Å². The number of ketones is 1. The lowest BCUT2D eigenvalue weighted by Gasteiger charge is -2.59. The zero-order valence-electron chi connectivity index (χ0n) is 8.63. The Bertz CT molecular complexity index is 257. The third kappa shape index (κ3) is 0.954. The highest BCUT2D eigenvalue weighted by atomic mass is 16.3. The molecule has 0 bridgehead atoms. The first-order valence-corrected chi connectivity index (χ1v) is 5.10. The van der Waals surface area contributed by atoms with Crippen molar-refractivity contribution >= 4 is 5.78 Å². The van der Waals surface area contributed by atoms with E-state index in [2.05, 4.69) is 13.8 Å². The number of rotatable bonds is 0. The van der Waals surface area contributed by atoms with Gasteiger partial charge in [0.15, 0.2) is 0 Å². The molecule has 0 saturated heterocycles. The van der Waals surface area contributed by atoms with Gasteiger partial charge in [0.05, 0.1) is 11.5 Å². The molecule has 2 heteroatoms. The first-order valence-electron chi connectivity index (χ1n) is 5.10. The summed E-state index contributed by atoms with van der Waals surface area (Å²) in [4.78, 5) is 11.5. The van der Waals surface area contributed by atoms with E-state index in [0.717, 1.165) is 12.8 Å². The Kier molecular flexibility index (Phi) is 1.66. The minimum Gasteiger partial charge on any atom is -0.392 e. The third-order valence-corrected chi connectivity index (χ3v) is 4.41. The summed E-state index contributed by atoms with van der Waals surface area (Å²) in [5.41, 5.74) is -0.177. The van der Waals surface area contributed by atoms with Gasteiger partial charge in [-0.05, 0) is 31.1 Å². The van der Waals surface area contributed by atoms with Gasteiger partial charge < -0.3 is 5.11 Å². The highest BCUT2D eigenvalue weighted by Crippen LogP contribution is 2.59. The smallest absolute Gasteiger partial charge is 0.141 e. The van der Waals surface area contributed by atoms with E-state index in [0.29, 0.717) is 12.3 Å². The second kappa shape index (κ2) is 2.35. The predicted octanol–water partition coefficient (Wildman–Crippen LogP) is 1.76. The van der Waals surface area contributed by atoms with E-state index in [4.69, 9.17) is 0 Å². The fraction of sp³-hybridized carbons (Fsp3) is 0.909. The average Bonchev–Trinajstić information content (AvgIpc) is 2.06. The lowest BCUT2D eigenvalue weighted by Crippen LogP contribution is -2.62. The van der Waals surface area contributed by atoms with Crippen molar-refractivity contribution in [3.63, 3.8) is 0 Å². The molecule has 2 aliphatic carbocycles. The summed E-state index contributed by atoms with van der Waals surface area (Å²) in [5, 5.41) is 9.84. The molecule has 0 amide bonds. The number of Topliss-reactive ketones (excluding diaryl/α,β-unsaturated/α-hetero) is 1. The van der Waals surface area contributed by atoms with Crippen LogP contribution < -0.4 is 0 Å². The maximum Gasteiger partial charge on any atom is 0.141 e. The highest BCUT2D eigenvalue weighted by molar-refractivity contribution is 5.92. The third-order valence-electron chi connectivity index (χ3n) is 4.41. The van der Waals surface area contributed by atoms with Gasteiger partial charge in [-0.15, -0.1) is 0 Å². The number of carbonyl (C=O) groups is 1. The standard InChI is InChI=1S/C11H18O2/c1-10(2)5-4-8(12)11(3)7(10)6-9(11)13/h7-8,12H,4-6H2,1-3H3/t7?,8-,11-/m0/s1. The van der Waals surface area contributed by atoms with E-state index in [1.807, 2.05) is 6.92 Å². The average molecular weight is 182 g/mol. The molecule has 0 radical (unpaired) electrons. The number of aliphatic hydroxyl groups excluding tert-OH is 1. The van der Waals surface area contributed by atoms with Crippen LogP contribution in [0.4, 0.5) is 0 Å². The van der Waals surface area contributed by atoms with Crippen LogP contribution >= 0.6 is 0 Å². The van der Waals surface area contributed by atoms with Gasteiger partial charge in [0.2, 0.25) is 0 Å². The van der Waals surface area contributed by atoms with Gasteiger partial charge in [-0.3, -0.25) is 4.79 Å². The minimum absolute atomic E-state index is 0.238. The van der Waals surface area contributed by atoms with Gasteiger partial charge in [0.25, 0.3) is 0 Å². The van der Waals surface area contributed by atoms with Crippen molar-refractivity contribution in [3.8, 4) is 0 Å². The molecular weight excluding hydrogens is 164 g/mol. The van der Waals surface area contributed by atoms with Gasteiger partial charge in [0.1, 0.15) is 5.78 Å². The molecule has 0 spiro atoms. The Morgan fingerprint density at radius 3 is 2.46 bits per heavy atom. The molecule has 3 atom stereocenters. The van der Waals surface area contributed by atoms with Gasteiger partial charge in [-0.2, -0.15) is 0 Å². The van der Waals surface area contributed by atoms with Crippen LogP contribution in [0.25, 0.3) is 0 Å². The summed E-state index contributed by atoms with van der Waals surface area (Å²) in [6, 6.07) is 0. The molecule has 0 aliphatic heterocycles. The molecule has 2 aliphatic rings. The minimum atomic E-state index is -0.415. The summed E-state index contributed by atoms with van der Waals surface area (Å²) in [5.74, 6) is 0.661. The molecule has 1 N–H and O–H groups in total. The Morgan fingerprint density at radius 1 is 1.38 bits per heavy atom. The zero-order valence-corrected chi connectivity index (χ0v) is 8.63. The van der Waals surface area contributed by atoms with E-state index < -0.39 is 11.5 Å². The van der Waals surface area contributed by atoms with E-state index in [-0.39, 0.29) is 11.2 Å². The van der Waals surface area contributed by atoms with E-state index in [1.54, 1.807) is 0 Å². The summed E-state index contributed by atoms with van der Waals surface area (Å²) in [6.07, 6.45) is 2.11. The molecule has 0 aromatic rings. The van der Waals surface area contributed by atoms with Crippen LogP contribution in [0.2, 0.25) is 0 Å². The molecule has 2 fully saturated rings. The van der Waals surface area contributed by atoms with Crippen molar-refractivity contribution in [3.05, 3.63) is 0 Å². The monoisotopic (exact) mass is 182 g/mol. The molecule has 0 aromatic heterocycles. The van der Waals surface area contributed by atoms with Crippen molar-refractivity contribution in [2.24, 2.45) is 16.7 Å². The quantitative estimate of drug-likeness (QED) is 0.620. The lowest BCUT2D eigenvalue weighted by atomic mass is 9.45. The van der Waals surface area contributed by atoms with Gasteiger partial charge >= 0.3 is 0 Å². The topological polar surface area (TPSA) is 37.3 Å². The Balaban J connectivity index is 2.32. The maximum absolute atomic E-state index is 11.5. The molecule has 2 rings (SSSR count). The Hall–Kier alpha value is -0.370. The van der Waals surface area contributed by atoms with Crippen molar-refractivity contribution in [1.82, 2.24) is 0 Å². The fourth-order valence-corrected chi connectivity index (χ4v) is 3.17. The number of fused-ring (bicyclic) bond motifs is 1.